The summed E-state index contributed by atoms with van der Waals surface area (Å²) in [5, 5.41) is 8.61. The minimum atomic E-state index is -0.434. The Bertz CT molecular complexity index is 160. The van der Waals surface area contributed by atoms with Gasteiger partial charge in [0.2, 0.25) is 5.91 Å². The third kappa shape index (κ3) is 4.85. The number of carbonyl (C=O) groups is 1. The molecule has 0 aliphatic rings. The van der Waals surface area contributed by atoms with Crippen molar-refractivity contribution in [3.63, 3.8) is 0 Å². The highest BCUT2D eigenvalue weighted by Gasteiger charge is 2.18. The van der Waals surface area contributed by atoms with E-state index in [1.54, 1.807) is 7.05 Å². The molecule has 0 aromatic carbocycles. The molecule has 0 aromatic heterocycles. The molecule has 0 aliphatic heterocycles. The second-order valence-electron chi connectivity index (χ2n) is 3.72. The van der Waals surface area contributed by atoms with Crippen molar-refractivity contribution in [2.75, 3.05) is 20.2 Å². The minimum absolute atomic E-state index is 0.0172. The molecule has 0 spiro atoms. The Kier molecular flexibility index (Phi) is 5.66. The molecular weight excluding hydrogens is 168 g/mol. The molecule has 0 bridgehead atoms. The molecule has 0 radical (unpaired) electrons. The molecule has 0 aliphatic carbocycles. The van der Waals surface area contributed by atoms with Crippen LogP contribution in [0.4, 0.5) is 0 Å². The number of hydrogen-bond acceptors (Lipinski definition) is 3. The lowest BCUT2D eigenvalue weighted by molar-refractivity contribution is -0.132. The highest BCUT2D eigenvalue weighted by molar-refractivity contribution is 5.81. The van der Waals surface area contributed by atoms with Crippen LogP contribution in [0.2, 0.25) is 0 Å². The molecule has 1 amide bonds. The lowest BCUT2D eigenvalue weighted by Crippen LogP contribution is -2.43. The normalized spacial score (nSPS) is 13.1. The summed E-state index contributed by atoms with van der Waals surface area (Å²) in [6.07, 6.45) is 0.689. The van der Waals surface area contributed by atoms with Gasteiger partial charge >= 0.3 is 0 Å². The molecule has 0 heterocycles. The fourth-order valence-electron chi connectivity index (χ4n) is 1.15. The van der Waals surface area contributed by atoms with Crippen molar-refractivity contribution < 1.29 is 9.90 Å². The molecule has 13 heavy (non-hydrogen) atoms. The van der Waals surface area contributed by atoms with Gasteiger partial charge in [-0.2, -0.15) is 0 Å². The molecule has 0 unspecified atom stereocenters. The molecule has 0 aromatic rings. The molecule has 0 rings (SSSR count). The highest BCUT2D eigenvalue weighted by Crippen LogP contribution is 2.04. The first-order valence-corrected chi connectivity index (χ1v) is 4.60. The third-order valence-corrected chi connectivity index (χ3v) is 1.85. The Balaban J connectivity index is 3.94. The molecule has 4 nitrogen and oxygen atoms in total. The van der Waals surface area contributed by atoms with Crippen LogP contribution in [0.1, 0.15) is 20.3 Å². The molecule has 78 valence electrons. The van der Waals surface area contributed by atoms with Crippen molar-refractivity contribution in [3.8, 4) is 0 Å². The lowest BCUT2D eigenvalue weighted by Gasteiger charge is -2.21. The van der Waals surface area contributed by atoms with E-state index in [2.05, 4.69) is 0 Å². The van der Waals surface area contributed by atoms with Crippen LogP contribution in [0.15, 0.2) is 0 Å². The largest absolute Gasteiger partial charge is 0.395 e. The standard InChI is InChI=1S/C9H20N2O2/c1-7(2)6-8(10)9(13)11(3)4-5-12/h7-8,12H,4-6,10H2,1-3H3/t8-/m0/s1. The average Bonchev–Trinajstić information content (AvgIpc) is 2.02. The Hall–Kier alpha value is -0.610. The molecule has 0 saturated heterocycles. The number of aliphatic hydroxyl groups is 1. The van der Waals surface area contributed by atoms with Gasteiger partial charge in [0, 0.05) is 13.6 Å². The zero-order chi connectivity index (χ0) is 10.4. The fraction of sp³-hybridized carbons (Fsp3) is 0.889. The van der Waals surface area contributed by atoms with Crippen LogP contribution in [0.5, 0.6) is 0 Å². The zero-order valence-corrected chi connectivity index (χ0v) is 8.66. The Morgan fingerprint density at radius 1 is 1.54 bits per heavy atom. The summed E-state index contributed by atoms with van der Waals surface area (Å²) in [6.45, 7) is 4.39. The molecule has 0 fully saturated rings. The van der Waals surface area contributed by atoms with E-state index in [1.165, 1.54) is 4.90 Å². The maximum absolute atomic E-state index is 11.5. The second-order valence-corrected chi connectivity index (χ2v) is 3.72. The van der Waals surface area contributed by atoms with Crippen molar-refractivity contribution in [3.05, 3.63) is 0 Å². The van der Waals surface area contributed by atoms with Crippen LogP contribution in [0.3, 0.4) is 0 Å². The Morgan fingerprint density at radius 2 is 2.08 bits per heavy atom. The van der Waals surface area contributed by atoms with Crippen LogP contribution in [0, 0.1) is 5.92 Å². The van der Waals surface area contributed by atoms with Gasteiger partial charge in [0.05, 0.1) is 12.6 Å². The number of amides is 1. The summed E-state index contributed by atoms with van der Waals surface area (Å²) < 4.78 is 0. The maximum atomic E-state index is 11.5. The topological polar surface area (TPSA) is 66.6 Å². The van der Waals surface area contributed by atoms with Gasteiger partial charge in [-0.25, -0.2) is 0 Å². The first kappa shape index (κ1) is 12.4. The van der Waals surface area contributed by atoms with E-state index in [0.717, 1.165) is 0 Å². The summed E-state index contributed by atoms with van der Waals surface area (Å²) in [5.41, 5.74) is 5.68. The molecule has 1 atom stereocenters. The van der Waals surface area contributed by atoms with Gasteiger partial charge < -0.3 is 15.7 Å². The van der Waals surface area contributed by atoms with E-state index in [1.807, 2.05) is 13.8 Å². The predicted molar refractivity (Wildman–Crippen MR) is 52.2 cm³/mol. The van der Waals surface area contributed by atoms with E-state index < -0.39 is 6.04 Å². The summed E-state index contributed by atoms with van der Waals surface area (Å²) in [7, 11) is 1.65. The van der Waals surface area contributed by atoms with Crippen molar-refractivity contribution >= 4 is 5.91 Å². The van der Waals surface area contributed by atoms with E-state index >= 15 is 0 Å². The van der Waals surface area contributed by atoms with Gasteiger partial charge in [0.25, 0.3) is 0 Å². The Labute approximate surface area is 79.7 Å². The number of likely N-dealkylation sites (N-methyl/N-ethyl adjacent to an activating group) is 1. The monoisotopic (exact) mass is 188 g/mol. The van der Waals surface area contributed by atoms with Gasteiger partial charge in [-0.3, -0.25) is 4.79 Å². The highest BCUT2D eigenvalue weighted by atomic mass is 16.3. The van der Waals surface area contributed by atoms with Crippen molar-refractivity contribution in [1.82, 2.24) is 4.90 Å². The lowest BCUT2D eigenvalue weighted by atomic mass is 10.0. The molecular formula is C9H20N2O2. The maximum Gasteiger partial charge on any atom is 0.239 e. The quantitative estimate of drug-likeness (QED) is 0.628. The number of nitrogens with zero attached hydrogens (tertiary/aromatic N) is 1. The van der Waals surface area contributed by atoms with Crippen LogP contribution >= 0.6 is 0 Å². The number of aliphatic hydroxyl groups excluding tert-OH is 1. The number of hydrogen-bond donors (Lipinski definition) is 2. The van der Waals surface area contributed by atoms with E-state index in [0.29, 0.717) is 18.9 Å². The summed E-state index contributed by atoms with van der Waals surface area (Å²) in [4.78, 5) is 12.9. The van der Waals surface area contributed by atoms with Crippen LogP contribution in [0.25, 0.3) is 0 Å². The van der Waals surface area contributed by atoms with E-state index in [4.69, 9.17) is 10.8 Å². The summed E-state index contributed by atoms with van der Waals surface area (Å²) in [6, 6.07) is -0.434. The smallest absolute Gasteiger partial charge is 0.239 e. The van der Waals surface area contributed by atoms with Gasteiger partial charge in [-0.15, -0.1) is 0 Å². The molecule has 3 N–H and O–H groups in total. The SMILES string of the molecule is CC(C)C[C@H](N)C(=O)N(C)CCO. The number of nitrogens with two attached hydrogens (primary N) is 1. The van der Waals surface area contributed by atoms with E-state index in [9.17, 15) is 4.79 Å². The minimum Gasteiger partial charge on any atom is -0.395 e. The Morgan fingerprint density at radius 3 is 2.46 bits per heavy atom. The number of rotatable bonds is 5. The van der Waals surface area contributed by atoms with Crippen molar-refractivity contribution in [2.24, 2.45) is 11.7 Å². The van der Waals surface area contributed by atoms with Crippen LogP contribution in [-0.4, -0.2) is 42.2 Å². The van der Waals surface area contributed by atoms with Gasteiger partial charge in [0.1, 0.15) is 0 Å². The molecule has 0 saturated carbocycles. The zero-order valence-electron chi connectivity index (χ0n) is 8.66. The van der Waals surface area contributed by atoms with Gasteiger partial charge in [0.15, 0.2) is 0 Å². The molecule has 4 heteroatoms. The summed E-state index contributed by atoms with van der Waals surface area (Å²) >= 11 is 0. The third-order valence-electron chi connectivity index (χ3n) is 1.85. The first-order valence-electron chi connectivity index (χ1n) is 4.60. The fourth-order valence-corrected chi connectivity index (χ4v) is 1.15. The second kappa shape index (κ2) is 5.94. The van der Waals surface area contributed by atoms with Crippen LogP contribution < -0.4 is 5.73 Å². The first-order chi connectivity index (χ1) is 5.99. The van der Waals surface area contributed by atoms with Gasteiger partial charge in [-0.05, 0) is 12.3 Å². The average molecular weight is 188 g/mol. The van der Waals surface area contributed by atoms with Crippen molar-refractivity contribution in [2.45, 2.75) is 26.3 Å². The van der Waals surface area contributed by atoms with Crippen molar-refractivity contribution in [1.29, 1.82) is 0 Å². The predicted octanol–water partition coefficient (Wildman–Crippen LogP) is -0.189. The number of carbonyl (C=O) groups excluding carboxylic acids is 1. The van der Waals surface area contributed by atoms with Gasteiger partial charge in [-0.1, -0.05) is 13.8 Å². The summed E-state index contributed by atoms with van der Waals surface area (Å²) in [5.74, 6) is 0.323. The van der Waals surface area contributed by atoms with E-state index in [-0.39, 0.29) is 12.5 Å². The van der Waals surface area contributed by atoms with Crippen LogP contribution in [-0.2, 0) is 4.79 Å².